The van der Waals surface area contributed by atoms with Crippen molar-refractivity contribution in [3.8, 4) is 0 Å². The van der Waals surface area contributed by atoms with Crippen molar-refractivity contribution in [2.24, 2.45) is 0 Å². The standard InChI is InChI=1S/C7H13Cl/c1-3-5-6-7(8)4-2/h4,7H,2-3,5-6H2,1H3/t7-/m1/s1. The van der Waals surface area contributed by atoms with E-state index >= 15 is 0 Å². The van der Waals surface area contributed by atoms with E-state index in [1.165, 1.54) is 12.8 Å². The molecule has 0 spiro atoms. The largest absolute Gasteiger partial charge is 0.118 e. The molecule has 0 heterocycles. The lowest BCUT2D eigenvalue weighted by atomic mass is 10.2. The second kappa shape index (κ2) is 5.17. The van der Waals surface area contributed by atoms with Gasteiger partial charge in [-0.25, -0.2) is 0 Å². The van der Waals surface area contributed by atoms with Crippen LogP contribution in [0.25, 0.3) is 0 Å². The number of rotatable bonds is 4. The lowest BCUT2D eigenvalue weighted by Gasteiger charge is -1.98. The molecule has 0 rings (SSSR count). The van der Waals surface area contributed by atoms with E-state index in [-0.39, 0.29) is 5.38 Å². The molecule has 48 valence electrons. The molecule has 0 saturated carbocycles. The first-order valence-corrected chi connectivity index (χ1v) is 3.51. The van der Waals surface area contributed by atoms with Gasteiger partial charge in [0, 0.05) is 0 Å². The van der Waals surface area contributed by atoms with Crippen LogP contribution in [0.5, 0.6) is 0 Å². The van der Waals surface area contributed by atoms with E-state index in [2.05, 4.69) is 13.5 Å². The molecule has 0 amide bonds. The molecule has 0 aliphatic heterocycles. The SMILES string of the molecule is C=C[C@@H](Cl)CCCC. The number of allylic oxidation sites excluding steroid dienone is 1. The minimum atomic E-state index is 0.190. The Morgan fingerprint density at radius 2 is 2.38 bits per heavy atom. The molecule has 0 aromatic carbocycles. The molecule has 0 N–H and O–H groups in total. The fourth-order valence-corrected chi connectivity index (χ4v) is 0.671. The summed E-state index contributed by atoms with van der Waals surface area (Å²) in [7, 11) is 0. The third-order valence-corrected chi connectivity index (χ3v) is 1.49. The molecule has 1 atom stereocenters. The first-order valence-electron chi connectivity index (χ1n) is 3.08. The van der Waals surface area contributed by atoms with Crippen LogP contribution in [0.1, 0.15) is 26.2 Å². The minimum Gasteiger partial charge on any atom is -0.118 e. The molecule has 8 heavy (non-hydrogen) atoms. The highest BCUT2D eigenvalue weighted by Crippen LogP contribution is 2.06. The van der Waals surface area contributed by atoms with E-state index in [0.717, 1.165) is 6.42 Å². The van der Waals surface area contributed by atoms with Gasteiger partial charge >= 0.3 is 0 Å². The Bertz CT molecular complexity index is 59.4. The molecule has 0 aromatic heterocycles. The normalized spacial score (nSPS) is 13.2. The van der Waals surface area contributed by atoms with E-state index in [4.69, 9.17) is 11.6 Å². The summed E-state index contributed by atoms with van der Waals surface area (Å²) in [6.07, 6.45) is 5.29. The summed E-state index contributed by atoms with van der Waals surface area (Å²) in [6, 6.07) is 0. The summed E-state index contributed by atoms with van der Waals surface area (Å²) in [6.45, 7) is 5.74. The first-order chi connectivity index (χ1) is 3.81. The second-order valence-electron chi connectivity index (χ2n) is 1.89. The van der Waals surface area contributed by atoms with Gasteiger partial charge in [-0.05, 0) is 6.42 Å². The second-order valence-corrected chi connectivity index (χ2v) is 2.45. The van der Waals surface area contributed by atoms with Gasteiger partial charge in [0.1, 0.15) is 0 Å². The van der Waals surface area contributed by atoms with Gasteiger partial charge in [0.15, 0.2) is 0 Å². The highest BCUT2D eigenvalue weighted by molar-refractivity contribution is 6.21. The predicted octanol–water partition coefficient (Wildman–Crippen LogP) is 2.97. The van der Waals surface area contributed by atoms with Crippen LogP contribution in [-0.4, -0.2) is 5.38 Å². The summed E-state index contributed by atoms with van der Waals surface area (Å²) in [5.74, 6) is 0. The Morgan fingerprint density at radius 1 is 1.75 bits per heavy atom. The topological polar surface area (TPSA) is 0 Å². The summed E-state index contributed by atoms with van der Waals surface area (Å²) >= 11 is 5.73. The highest BCUT2D eigenvalue weighted by Gasteiger charge is 1.94. The molecule has 0 unspecified atom stereocenters. The van der Waals surface area contributed by atoms with Crippen LogP contribution >= 0.6 is 11.6 Å². The summed E-state index contributed by atoms with van der Waals surface area (Å²) in [4.78, 5) is 0. The van der Waals surface area contributed by atoms with Crippen molar-refractivity contribution in [3.05, 3.63) is 12.7 Å². The maximum atomic E-state index is 5.73. The summed E-state index contributed by atoms with van der Waals surface area (Å²) < 4.78 is 0. The Morgan fingerprint density at radius 3 is 2.75 bits per heavy atom. The first kappa shape index (κ1) is 8.03. The highest BCUT2D eigenvalue weighted by atomic mass is 35.5. The number of halogens is 1. The molecular formula is C7H13Cl. The van der Waals surface area contributed by atoms with Gasteiger partial charge in [-0.2, -0.15) is 0 Å². The van der Waals surface area contributed by atoms with Crippen molar-refractivity contribution >= 4 is 11.6 Å². The zero-order valence-corrected chi connectivity index (χ0v) is 6.12. The van der Waals surface area contributed by atoms with Crippen molar-refractivity contribution in [3.63, 3.8) is 0 Å². The van der Waals surface area contributed by atoms with Gasteiger partial charge in [-0.1, -0.05) is 25.8 Å². The van der Waals surface area contributed by atoms with Crippen molar-refractivity contribution < 1.29 is 0 Å². The molecule has 0 fully saturated rings. The van der Waals surface area contributed by atoms with E-state index < -0.39 is 0 Å². The maximum Gasteiger partial charge on any atom is 0.0513 e. The average molecular weight is 133 g/mol. The van der Waals surface area contributed by atoms with Crippen LogP contribution < -0.4 is 0 Å². The van der Waals surface area contributed by atoms with Crippen molar-refractivity contribution in [1.82, 2.24) is 0 Å². The number of unbranched alkanes of at least 4 members (excludes halogenated alkanes) is 1. The maximum absolute atomic E-state index is 5.73. The zero-order valence-electron chi connectivity index (χ0n) is 5.36. The van der Waals surface area contributed by atoms with Crippen molar-refractivity contribution in [2.45, 2.75) is 31.6 Å². The van der Waals surface area contributed by atoms with Gasteiger partial charge in [0.25, 0.3) is 0 Å². The molecule has 1 heteroatoms. The molecular weight excluding hydrogens is 120 g/mol. The summed E-state index contributed by atoms with van der Waals surface area (Å²) in [5, 5.41) is 0.190. The van der Waals surface area contributed by atoms with Crippen LogP contribution in [0.4, 0.5) is 0 Å². The Balaban J connectivity index is 2.98. The Labute approximate surface area is 56.5 Å². The van der Waals surface area contributed by atoms with Crippen molar-refractivity contribution in [2.75, 3.05) is 0 Å². The molecule has 0 aliphatic carbocycles. The van der Waals surface area contributed by atoms with Crippen LogP contribution in [0.3, 0.4) is 0 Å². The number of hydrogen-bond donors (Lipinski definition) is 0. The van der Waals surface area contributed by atoms with Gasteiger partial charge in [-0.3, -0.25) is 0 Å². The molecule has 0 radical (unpaired) electrons. The minimum absolute atomic E-state index is 0.190. The van der Waals surface area contributed by atoms with Gasteiger partial charge < -0.3 is 0 Å². The quantitative estimate of drug-likeness (QED) is 0.408. The van der Waals surface area contributed by atoms with Crippen LogP contribution in [0, 0.1) is 0 Å². The zero-order chi connectivity index (χ0) is 6.41. The van der Waals surface area contributed by atoms with Crippen molar-refractivity contribution in [1.29, 1.82) is 0 Å². The fourth-order valence-electron chi connectivity index (χ4n) is 0.517. The monoisotopic (exact) mass is 132 g/mol. The van der Waals surface area contributed by atoms with E-state index in [9.17, 15) is 0 Å². The lowest BCUT2D eigenvalue weighted by Crippen LogP contribution is -1.90. The van der Waals surface area contributed by atoms with Gasteiger partial charge in [0.05, 0.1) is 5.38 Å². The molecule has 0 aromatic rings. The van der Waals surface area contributed by atoms with E-state index in [1.807, 2.05) is 0 Å². The fraction of sp³-hybridized carbons (Fsp3) is 0.714. The van der Waals surface area contributed by atoms with Crippen LogP contribution in [0.15, 0.2) is 12.7 Å². The number of hydrogen-bond acceptors (Lipinski definition) is 0. The number of alkyl halides is 1. The van der Waals surface area contributed by atoms with E-state index in [1.54, 1.807) is 6.08 Å². The smallest absolute Gasteiger partial charge is 0.0513 e. The Hall–Kier alpha value is 0.0300. The van der Waals surface area contributed by atoms with E-state index in [0.29, 0.717) is 0 Å². The van der Waals surface area contributed by atoms with Crippen LogP contribution in [0.2, 0.25) is 0 Å². The molecule has 0 saturated heterocycles. The third kappa shape index (κ3) is 4.20. The third-order valence-electron chi connectivity index (χ3n) is 1.09. The molecule has 0 nitrogen and oxygen atoms in total. The Kier molecular flexibility index (Phi) is 5.19. The molecule has 0 bridgehead atoms. The van der Waals surface area contributed by atoms with Gasteiger partial charge in [0.2, 0.25) is 0 Å². The predicted molar refractivity (Wildman–Crippen MR) is 39.4 cm³/mol. The van der Waals surface area contributed by atoms with Crippen LogP contribution in [-0.2, 0) is 0 Å². The van der Waals surface area contributed by atoms with Gasteiger partial charge in [-0.15, -0.1) is 18.2 Å². The molecule has 0 aliphatic rings. The average Bonchev–Trinajstić information content (AvgIpc) is 1.83. The lowest BCUT2D eigenvalue weighted by molar-refractivity contribution is 0.734. The summed E-state index contributed by atoms with van der Waals surface area (Å²) in [5.41, 5.74) is 0.